The van der Waals surface area contributed by atoms with Gasteiger partial charge in [0.05, 0.1) is 0 Å². The second kappa shape index (κ2) is 9.29. The average molecular weight is 339 g/mol. The summed E-state index contributed by atoms with van der Waals surface area (Å²) in [6.45, 7) is 9.48. The lowest BCUT2D eigenvalue weighted by atomic mass is 9.87. The molecule has 130 valence electrons. The number of nitrogens with one attached hydrogen (secondary N) is 2. The topological polar surface area (TPSA) is 41.1 Å². The van der Waals surface area contributed by atoms with Gasteiger partial charge in [0.1, 0.15) is 0 Å². The minimum absolute atomic E-state index is 0. The van der Waals surface area contributed by atoms with Crippen LogP contribution in [0.2, 0.25) is 0 Å². The first-order valence-electron chi connectivity index (χ1n) is 8.52. The largest absolute Gasteiger partial charge is 0.352 e. The summed E-state index contributed by atoms with van der Waals surface area (Å²) in [7, 11) is 0. The Morgan fingerprint density at radius 3 is 2.35 bits per heavy atom. The predicted molar refractivity (Wildman–Crippen MR) is 99.1 cm³/mol. The van der Waals surface area contributed by atoms with E-state index < -0.39 is 0 Å². The number of piperidine rings is 1. The van der Waals surface area contributed by atoms with Crippen LogP contribution in [0.5, 0.6) is 0 Å². The molecule has 0 spiro atoms. The minimum atomic E-state index is 0. The molecule has 2 N–H and O–H groups in total. The Kier molecular flexibility index (Phi) is 8.07. The number of carbonyl (C=O) groups is 1. The van der Waals surface area contributed by atoms with Crippen molar-refractivity contribution in [2.45, 2.75) is 58.4 Å². The molecule has 2 rings (SSSR count). The van der Waals surface area contributed by atoms with Crippen LogP contribution >= 0.6 is 12.4 Å². The standard InChI is InChI=1S/C19H30N2O.ClH/c1-19(2,3)17-7-4-16(5-8-17)14-21-18(22)9-6-15-10-12-20-13-11-15;/h4-5,7-8,15,20H,6,9-14H2,1-3H3,(H,21,22);1H. The first kappa shape index (κ1) is 20.0. The quantitative estimate of drug-likeness (QED) is 0.857. The number of hydrogen-bond donors (Lipinski definition) is 2. The van der Waals surface area contributed by atoms with Crippen LogP contribution in [-0.4, -0.2) is 19.0 Å². The summed E-state index contributed by atoms with van der Waals surface area (Å²) >= 11 is 0. The highest BCUT2D eigenvalue weighted by Crippen LogP contribution is 2.22. The van der Waals surface area contributed by atoms with Gasteiger partial charge < -0.3 is 10.6 Å². The molecule has 0 bridgehead atoms. The van der Waals surface area contributed by atoms with Crippen LogP contribution in [0.4, 0.5) is 0 Å². The molecule has 0 saturated carbocycles. The maximum Gasteiger partial charge on any atom is 0.220 e. The van der Waals surface area contributed by atoms with Crippen LogP contribution in [0.1, 0.15) is 57.6 Å². The van der Waals surface area contributed by atoms with E-state index in [1.165, 1.54) is 24.0 Å². The Morgan fingerprint density at radius 2 is 1.78 bits per heavy atom. The van der Waals surface area contributed by atoms with Crippen molar-refractivity contribution in [2.75, 3.05) is 13.1 Å². The maximum atomic E-state index is 12.0. The molecular formula is C19H31ClN2O. The van der Waals surface area contributed by atoms with Gasteiger partial charge in [0.25, 0.3) is 0 Å². The molecule has 1 heterocycles. The lowest BCUT2D eigenvalue weighted by molar-refractivity contribution is -0.121. The van der Waals surface area contributed by atoms with Gasteiger partial charge in [0.2, 0.25) is 5.91 Å². The molecule has 1 amide bonds. The van der Waals surface area contributed by atoms with Crippen molar-refractivity contribution >= 4 is 18.3 Å². The van der Waals surface area contributed by atoms with E-state index in [4.69, 9.17) is 0 Å². The van der Waals surface area contributed by atoms with Crippen LogP contribution < -0.4 is 10.6 Å². The van der Waals surface area contributed by atoms with Crippen molar-refractivity contribution in [2.24, 2.45) is 5.92 Å². The number of halogens is 1. The molecule has 0 atom stereocenters. The third kappa shape index (κ3) is 6.92. The van der Waals surface area contributed by atoms with E-state index in [1.807, 2.05) is 0 Å². The fourth-order valence-corrected chi connectivity index (χ4v) is 2.92. The van der Waals surface area contributed by atoms with Crippen LogP contribution in [0.25, 0.3) is 0 Å². The van der Waals surface area contributed by atoms with Crippen molar-refractivity contribution in [1.29, 1.82) is 0 Å². The van der Waals surface area contributed by atoms with Crippen LogP contribution in [0.3, 0.4) is 0 Å². The van der Waals surface area contributed by atoms with Gasteiger partial charge in [-0.15, -0.1) is 12.4 Å². The minimum Gasteiger partial charge on any atom is -0.352 e. The summed E-state index contributed by atoms with van der Waals surface area (Å²) in [6.07, 6.45) is 4.10. The number of benzene rings is 1. The van der Waals surface area contributed by atoms with Gasteiger partial charge in [0.15, 0.2) is 0 Å². The molecule has 1 aliphatic heterocycles. The monoisotopic (exact) mass is 338 g/mol. The first-order chi connectivity index (χ1) is 10.4. The second-order valence-electron chi connectivity index (χ2n) is 7.46. The van der Waals surface area contributed by atoms with Gasteiger partial charge in [0, 0.05) is 13.0 Å². The van der Waals surface area contributed by atoms with E-state index >= 15 is 0 Å². The molecule has 0 aromatic heterocycles. The Balaban J connectivity index is 0.00000264. The smallest absolute Gasteiger partial charge is 0.220 e. The summed E-state index contributed by atoms with van der Waals surface area (Å²) < 4.78 is 0. The third-order valence-electron chi connectivity index (χ3n) is 4.55. The zero-order valence-electron chi connectivity index (χ0n) is 14.7. The van der Waals surface area contributed by atoms with E-state index in [2.05, 4.69) is 55.7 Å². The van der Waals surface area contributed by atoms with E-state index in [9.17, 15) is 4.79 Å². The molecule has 0 radical (unpaired) electrons. The van der Waals surface area contributed by atoms with Crippen molar-refractivity contribution < 1.29 is 4.79 Å². The summed E-state index contributed by atoms with van der Waals surface area (Å²) in [5.74, 6) is 0.900. The molecule has 1 fully saturated rings. The summed E-state index contributed by atoms with van der Waals surface area (Å²) in [5.41, 5.74) is 2.67. The number of rotatable bonds is 5. The molecule has 3 nitrogen and oxygen atoms in total. The van der Waals surface area contributed by atoms with Crippen molar-refractivity contribution in [3.63, 3.8) is 0 Å². The molecular weight excluding hydrogens is 308 g/mol. The molecule has 4 heteroatoms. The molecule has 1 aliphatic rings. The first-order valence-corrected chi connectivity index (χ1v) is 8.52. The normalized spacial score (nSPS) is 15.8. The zero-order valence-corrected chi connectivity index (χ0v) is 15.5. The van der Waals surface area contributed by atoms with Crippen LogP contribution in [0.15, 0.2) is 24.3 Å². The molecule has 23 heavy (non-hydrogen) atoms. The van der Waals surface area contributed by atoms with Gasteiger partial charge in [-0.25, -0.2) is 0 Å². The highest BCUT2D eigenvalue weighted by molar-refractivity contribution is 5.85. The van der Waals surface area contributed by atoms with Gasteiger partial charge >= 0.3 is 0 Å². The Morgan fingerprint density at radius 1 is 1.17 bits per heavy atom. The summed E-state index contributed by atoms with van der Waals surface area (Å²) in [5, 5.41) is 6.41. The third-order valence-corrected chi connectivity index (χ3v) is 4.55. The Hall–Kier alpha value is -1.06. The van der Waals surface area contributed by atoms with Gasteiger partial charge in [-0.2, -0.15) is 0 Å². The number of hydrogen-bond acceptors (Lipinski definition) is 2. The zero-order chi connectivity index (χ0) is 16.0. The number of amides is 1. The van der Waals surface area contributed by atoms with Gasteiger partial charge in [-0.1, -0.05) is 45.0 Å². The van der Waals surface area contributed by atoms with Crippen molar-refractivity contribution in [3.8, 4) is 0 Å². The SMILES string of the molecule is CC(C)(C)c1ccc(CNC(=O)CCC2CCNCC2)cc1.Cl. The lowest BCUT2D eigenvalue weighted by Gasteiger charge is -2.22. The molecule has 0 unspecified atom stereocenters. The highest BCUT2D eigenvalue weighted by Gasteiger charge is 2.15. The fraction of sp³-hybridized carbons (Fsp3) is 0.632. The van der Waals surface area contributed by atoms with Crippen molar-refractivity contribution in [3.05, 3.63) is 35.4 Å². The maximum absolute atomic E-state index is 12.0. The Bertz CT molecular complexity index is 473. The van der Waals surface area contributed by atoms with E-state index in [1.54, 1.807) is 0 Å². The molecule has 0 aliphatic carbocycles. The van der Waals surface area contributed by atoms with E-state index in [-0.39, 0.29) is 23.7 Å². The van der Waals surface area contributed by atoms with Crippen molar-refractivity contribution in [1.82, 2.24) is 10.6 Å². The highest BCUT2D eigenvalue weighted by atomic mass is 35.5. The van der Waals surface area contributed by atoms with E-state index in [0.29, 0.717) is 13.0 Å². The molecule has 1 saturated heterocycles. The van der Waals surface area contributed by atoms with Gasteiger partial charge in [-0.05, 0) is 54.8 Å². The van der Waals surface area contributed by atoms with Crippen LogP contribution in [-0.2, 0) is 16.8 Å². The Labute approximate surface area is 147 Å². The summed E-state index contributed by atoms with van der Waals surface area (Å²) in [6, 6.07) is 8.56. The van der Waals surface area contributed by atoms with Crippen LogP contribution in [0, 0.1) is 5.92 Å². The average Bonchev–Trinajstić information content (AvgIpc) is 2.51. The molecule has 1 aromatic rings. The van der Waals surface area contributed by atoms with E-state index in [0.717, 1.165) is 25.4 Å². The molecule has 1 aromatic carbocycles. The fourth-order valence-electron chi connectivity index (χ4n) is 2.92. The number of carbonyl (C=O) groups excluding carboxylic acids is 1. The summed E-state index contributed by atoms with van der Waals surface area (Å²) in [4.78, 5) is 12.0. The second-order valence-corrected chi connectivity index (χ2v) is 7.46. The lowest BCUT2D eigenvalue weighted by Crippen LogP contribution is -2.29. The predicted octanol–water partition coefficient (Wildman–Crippen LogP) is 3.80. The van der Waals surface area contributed by atoms with Gasteiger partial charge in [-0.3, -0.25) is 4.79 Å².